The first kappa shape index (κ1) is 40.1. The molecule has 2 aromatic carbocycles. The van der Waals surface area contributed by atoms with Crippen molar-refractivity contribution in [3.63, 3.8) is 0 Å². The van der Waals surface area contributed by atoms with Crippen LogP contribution in [0.25, 0.3) is 0 Å². The number of nitrogens with one attached hydrogen (secondary N) is 1. The number of nitrogen functional groups attached to an aromatic ring is 1. The number of rotatable bonds is 5. The molecule has 0 bridgehead atoms. The standard InChI is InChI=1S/C10H6BrF3N2O2.C7H5BrF3N.C6H9NO3.CH2Cl2/c11-7-2-1-5(3-6(7)10(12,13)14)16-8(17)4-15-9(16)18;8-6-2-1-4(12)3-5(6)7(9,10)11;1-2-10-6(9)5-7-3-4-8;2-1-3/h1-3H,4H2,(H,15,18);1-3H,12H2;3-4H,2,5H2,1H3;1H2. The Balaban J connectivity index is 0.000000617. The number of nitrogens with zero attached hydrogens (tertiary/aromatic N) is 2. The molecule has 3 amide bonds. The Kier molecular flexibility index (Phi) is 18.1. The second-order valence-corrected chi connectivity index (χ2v) is 9.84. The maximum Gasteiger partial charge on any atom is 0.417 e. The minimum absolute atomic E-state index is 0.00389. The Hall–Kier alpha value is -2.89. The third-order valence-corrected chi connectivity index (χ3v) is 5.73. The number of esters is 1. The molecule has 3 rings (SSSR count). The second-order valence-electron chi connectivity index (χ2n) is 7.32. The van der Waals surface area contributed by atoms with Crippen molar-refractivity contribution in [2.45, 2.75) is 19.3 Å². The zero-order chi connectivity index (χ0) is 33.4. The van der Waals surface area contributed by atoms with E-state index in [1.54, 1.807) is 6.92 Å². The Morgan fingerprint density at radius 3 is 1.98 bits per heavy atom. The zero-order valence-electron chi connectivity index (χ0n) is 21.7. The molecule has 9 nitrogen and oxygen atoms in total. The van der Waals surface area contributed by atoms with Crippen LogP contribution in [0.2, 0.25) is 0 Å². The average molecular weight is 791 g/mol. The van der Waals surface area contributed by atoms with Crippen LogP contribution in [0.3, 0.4) is 0 Å². The Labute approximate surface area is 268 Å². The highest BCUT2D eigenvalue weighted by Crippen LogP contribution is 2.37. The first-order chi connectivity index (χ1) is 19.9. The summed E-state index contributed by atoms with van der Waals surface area (Å²) < 4.78 is 78.8. The average Bonchev–Trinajstić information content (AvgIpc) is 3.24. The predicted octanol–water partition coefficient (Wildman–Crippen LogP) is 6.81. The number of ether oxygens (including phenoxy) is 1. The van der Waals surface area contributed by atoms with Crippen molar-refractivity contribution in [3.8, 4) is 0 Å². The van der Waals surface area contributed by atoms with Gasteiger partial charge in [-0.2, -0.15) is 26.3 Å². The van der Waals surface area contributed by atoms with Crippen molar-refractivity contribution in [2.24, 2.45) is 4.99 Å². The second kappa shape index (κ2) is 19.4. The van der Waals surface area contributed by atoms with Gasteiger partial charge in [0.25, 0.3) is 5.91 Å². The molecule has 3 N–H and O–H groups in total. The highest BCUT2D eigenvalue weighted by atomic mass is 79.9. The number of alkyl halides is 8. The van der Waals surface area contributed by atoms with Crippen molar-refractivity contribution in [2.75, 3.05) is 35.7 Å². The molecule has 0 unspecified atom stereocenters. The summed E-state index contributed by atoms with van der Waals surface area (Å²) in [5.74, 6) is -1.00. The van der Waals surface area contributed by atoms with Crippen LogP contribution in [0.4, 0.5) is 42.5 Å². The molecule has 1 fully saturated rings. The van der Waals surface area contributed by atoms with Crippen molar-refractivity contribution < 1.29 is 50.3 Å². The predicted molar refractivity (Wildman–Crippen MR) is 156 cm³/mol. The molecule has 0 aromatic heterocycles. The van der Waals surface area contributed by atoms with Crippen LogP contribution in [0.15, 0.2) is 50.3 Å². The van der Waals surface area contributed by atoms with Gasteiger partial charge in [-0.15, -0.1) is 23.2 Å². The fraction of sp³-hybridized carbons (Fsp3) is 0.292. The van der Waals surface area contributed by atoms with Crippen molar-refractivity contribution in [3.05, 3.63) is 56.5 Å². The summed E-state index contributed by atoms with van der Waals surface area (Å²) >= 11 is 15.1. The van der Waals surface area contributed by atoms with E-state index in [0.29, 0.717) is 17.8 Å². The first-order valence-corrected chi connectivity index (χ1v) is 13.9. The van der Waals surface area contributed by atoms with Crippen LogP contribution in [-0.2, 0) is 31.5 Å². The van der Waals surface area contributed by atoms with Gasteiger partial charge in [-0.1, -0.05) is 31.9 Å². The largest absolute Gasteiger partial charge is 0.465 e. The van der Waals surface area contributed by atoms with E-state index in [4.69, 9.17) is 28.9 Å². The number of halogens is 10. The number of carbonyl (C=O) groups is 4. The molecule has 1 saturated heterocycles. The Bertz CT molecular complexity index is 1270. The SMILES string of the molecule is CCOC(=O)CN=CC=O.ClCCl.Nc1ccc(Br)c(C(F)(F)F)c1.O=C1CNC(=O)N1c1ccc(Br)c(C(F)(F)F)c1. The summed E-state index contributed by atoms with van der Waals surface area (Å²) in [7, 11) is 0. The van der Waals surface area contributed by atoms with Gasteiger partial charge in [-0.25, -0.2) is 9.69 Å². The van der Waals surface area contributed by atoms with E-state index in [1.165, 1.54) is 18.2 Å². The number of urea groups is 1. The number of nitrogens with two attached hydrogens (primary N) is 1. The van der Waals surface area contributed by atoms with Crippen molar-refractivity contribution in [1.82, 2.24) is 5.32 Å². The lowest BCUT2D eigenvalue weighted by Crippen LogP contribution is -2.30. The molecule has 1 aliphatic rings. The summed E-state index contributed by atoms with van der Waals surface area (Å²) in [6.45, 7) is 1.76. The van der Waals surface area contributed by atoms with E-state index in [-0.39, 0.29) is 38.7 Å². The number of carbonyl (C=O) groups excluding carboxylic acids is 4. The summed E-state index contributed by atoms with van der Waals surface area (Å²) in [6.07, 6.45) is -7.38. The van der Waals surface area contributed by atoms with Crippen LogP contribution < -0.4 is 16.0 Å². The summed E-state index contributed by atoms with van der Waals surface area (Å²) in [4.78, 5) is 46.9. The molecular weight excluding hydrogens is 769 g/mol. The summed E-state index contributed by atoms with van der Waals surface area (Å²) in [5, 5.41) is 2.43. The topological polar surface area (TPSA) is 131 Å². The third kappa shape index (κ3) is 14.9. The Morgan fingerprint density at radius 2 is 1.56 bits per heavy atom. The maximum absolute atomic E-state index is 12.7. The first-order valence-electron chi connectivity index (χ1n) is 11.2. The van der Waals surface area contributed by atoms with Gasteiger partial charge in [0, 0.05) is 14.6 Å². The van der Waals surface area contributed by atoms with E-state index >= 15 is 0 Å². The van der Waals surface area contributed by atoms with Gasteiger partial charge in [0.1, 0.15) is 6.54 Å². The Morgan fingerprint density at radius 1 is 1.05 bits per heavy atom. The zero-order valence-corrected chi connectivity index (χ0v) is 26.4. The van der Waals surface area contributed by atoms with Crippen molar-refractivity contribution >= 4 is 96.8 Å². The number of amides is 3. The molecule has 1 aliphatic heterocycles. The number of aliphatic imine (C=N–C) groups is 1. The molecule has 1 heterocycles. The van der Waals surface area contributed by atoms with E-state index in [2.05, 4.69) is 46.9 Å². The van der Waals surface area contributed by atoms with E-state index in [0.717, 1.165) is 24.4 Å². The molecule has 2 aromatic rings. The summed E-state index contributed by atoms with van der Waals surface area (Å²) in [6, 6.07) is 6.02. The molecule has 238 valence electrons. The molecule has 0 spiro atoms. The normalized spacial score (nSPS) is 12.7. The molecule has 43 heavy (non-hydrogen) atoms. The highest BCUT2D eigenvalue weighted by molar-refractivity contribution is 9.10. The number of anilines is 2. The quantitative estimate of drug-likeness (QED) is 0.0651. The number of aldehydes is 1. The molecule has 0 radical (unpaired) electrons. The van der Waals surface area contributed by atoms with Gasteiger partial charge in [0.05, 0.1) is 41.5 Å². The maximum atomic E-state index is 12.7. The lowest BCUT2D eigenvalue weighted by atomic mass is 10.2. The van der Waals surface area contributed by atoms with Crippen LogP contribution in [0, 0.1) is 0 Å². The van der Waals surface area contributed by atoms with Crippen LogP contribution in [0.5, 0.6) is 0 Å². The highest BCUT2D eigenvalue weighted by Gasteiger charge is 2.36. The van der Waals surface area contributed by atoms with Gasteiger partial charge in [0.15, 0.2) is 6.29 Å². The monoisotopic (exact) mass is 788 g/mol. The van der Waals surface area contributed by atoms with Crippen molar-refractivity contribution in [1.29, 1.82) is 0 Å². The fourth-order valence-corrected chi connectivity index (χ4v) is 3.63. The lowest BCUT2D eigenvalue weighted by molar-refractivity contribution is -0.141. The van der Waals surface area contributed by atoms with E-state index in [9.17, 15) is 45.5 Å². The smallest absolute Gasteiger partial charge is 0.417 e. The van der Waals surface area contributed by atoms with E-state index in [1.807, 2.05) is 0 Å². The third-order valence-electron chi connectivity index (χ3n) is 4.34. The number of hydrogen-bond donors (Lipinski definition) is 2. The minimum Gasteiger partial charge on any atom is -0.465 e. The van der Waals surface area contributed by atoms with Crippen LogP contribution in [-0.4, -0.2) is 55.4 Å². The van der Waals surface area contributed by atoms with Gasteiger partial charge >= 0.3 is 24.4 Å². The molecular formula is C24H22Br2Cl2F6N4O5. The van der Waals surface area contributed by atoms with Crippen LogP contribution >= 0.6 is 55.1 Å². The molecule has 19 heteroatoms. The minimum atomic E-state index is -4.56. The van der Waals surface area contributed by atoms with Gasteiger partial charge in [0.2, 0.25) is 0 Å². The molecule has 0 atom stereocenters. The fourth-order valence-electron chi connectivity index (χ4n) is 2.69. The molecule has 0 aliphatic carbocycles. The molecule has 0 saturated carbocycles. The van der Waals surface area contributed by atoms with Gasteiger partial charge in [-0.3, -0.25) is 19.4 Å². The summed E-state index contributed by atoms with van der Waals surface area (Å²) in [5.41, 5.74) is 3.51. The number of benzene rings is 2. The lowest BCUT2D eigenvalue weighted by Gasteiger charge is -2.16. The van der Waals surface area contributed by atoms with E-state index < -0.39 is 41.4 Å². The van der Waals surface area contributed by atoms with Crippen LogP contribution in [0.1, 0.15) is 18.1 Å². The van der Waals surface area contributed by atoms with Gasteiger partial charge < -0.3 is 15.8 Å². The number of imide groups is 1. The van der Waals surface area contributed by atoms with Gasteiger partial charge in [-0.05, 0) is 43.3 Å². The number of hydrogen-bond acceptors (Lipinski definition) is 7.